The molecule has 2 aromatic carbocycles. The first kappa shape index (κ1) is 11.4. The van der Waals surface area contributed by atoms with Gasteiger partial charge in [-0.15, -0.1) is 0 Å². The van der Waals surface area contributed by atoms with E-state index in [0.717, 1.165) is 5.75 Å². The van der Waals surface area contributed by atoms with Crippen LogP contribution in [0.3, 0.4) is 0 Å². The van der Waals surface area contributed by atoms with Gasteiger partial charge in [-0.2, -0.15) is 0 Å². The summed E-state index contributed by atoms with van der Waals surface area (Å²) < 4.78 is 7.80. The van der Waals surface area contributed by atoms with Gasteiger partial charge < -0.3 is 9.30 Å². The van der Waals surface area contributed by atoms with Gasteiger partial charge in [0, 0.05) is 35.6 Å². The molecular formula is C18H15NO. The summed E-state index contributed by atoms with van der Waals surface area (Å²) in [6.07, 6.45) is 6.15. The lowest BCUT2D eigenvalue weighted by Gasteiger charge is -2.20. The maximum Gasteiger partial charge on any atom is 0.130 e. The predicted molar refractivity (Wildman–Crippen MR) is 81.0 cm³/mol. The summed E-state index contributed by atoms with van der Waals surface area (Å²) in [6, 6.07) is 16.8. The Kier molecular flexibility index (Phi) is 2.43. The zero-order chi connectivity index (χ0) is 13.5. The maximum absolute atomic E-state index is 5.61. The van der Waals surface area contributed by atoms with Crippen molar-refractivity contribution in [3.8, 4) is 5.75 Å². The highest BCUT2D eigenvalue weighted by atomic mass is 16.5. The van der Waals surface area contributed by atoms with Crippen LogP contribution in [0.1, 0.15) is 17.0 Å². The number of para-hydroxylation sites is 2. The summed E-state index contributed by atoms with van der Waals surface area (Å²) in [5, 5.41) is 1.31. The van der Waals surface area contributed by atoms with E-state index in [9.17, 15) is 0 Å². The average Bonchev–Trinajstić information content (AvgIpc) is 2.84. The largest absolute Gasteiger partial charge is 0.465 e. The predicted octanol–water partition coefficient (Wildman–Crippen LogP) is 4.22. The van der Waals surface area contributed by atoms with Crippen LogP contribution < -0.4 is 4.74 Å². The van der Waals surface area contributed by atoms with E-state index in [2.05, 4.69) is 60.3 Å². The Morgan fingerprint density at radius 3 is 2.70 bits per heavy atom. The first-order chi connectivity index (χ1) is 9.84. The smallest absolute Gasteiger partial charge is 0.130 e. The Labute approximate surface area is 117 Å². The number of hydrogen-bond acceptors (Lipinski definition) is 1. The van der Waals surface area contributed by atoms with Crippen molar-refractivity contribution in [3.05, 3.63) is 78.2 Å². The van der Waals surface area contributed by atoms with E-state index in [4.69, 9.17) is 4.74 Å². The van der Waals surface area contributed by atoms with Gasteiger partial charge in [0.15, 0.2) is 0 Å². The maximum atomic E-state index is 5.61. The Bertz CT molecular complexity index is 813. The molecule has 20 heavy (non-hydrogen) atoms. The molecule has 0 fully saturated rings. The van der Waals surface area contributed by atoms with Crippen LogP contribution in [0.4, 0.5) is 0 Å². The summed E-state index contributed by atoms with van der Waals surface area (Å²) in [4.78, 5) is 0. The van der Waals surface area contributed by atoms with Crippen LogP contribution in [0.5, 0.6) is 5.75 Å². The van der Waals surface area contributed by atoms with Gasteiger partial charge in [-0.1, -0.05) is 36.4 Å². The number of nitrogens with zero attached hydrogens (tertiary/aromatic N) is 1. The highest BCUT2D eigenvalue weighted by Gasteiger charge is 2.22. The quantitative estimate of drug-likeness (QED) is 0.640. The van der Waals surface area contributed by atoms with Crippen molar-refractivity contribution in [3.63, 3.8) is 0 Å². The van der Waals surface area contributed by atoms with Crippen molar-refractivity contribution in [1.82, 2.24) is 4.57 Å². The summed E-state index contributed by atoms with van der Waals surface area (Å²) in [5.41, 5.74) is 3.82. The molecule has 0 saturated heterocycles. The van der Waals surface area contributed by atoms with Crippen LogP contribution in [0.15, 0.2) is 67.1 Å². The normalized spacial score (nSPS) is 16.9. The molecule has 2 heterocycles. The zero-order valence-corrected chi connectivity index (χ0v) is 11.3. The number of allylic oxidation sites excluding steroid dienone is 1. The van der Waals surface area contributed by atoms with Crippen molar-refractivity contribution in [2.45, 2.75) is 5.92 Å². The Morgan fingerprint density at radius 2 is 1.75 bits per heavy atom. The van der Waals surface area contributed by atoms with E-state index in [1.165, 1.54) is 22.0 Å². The standard InChI is InChI=1S/C18H15NO/c1-19-12-16(14-6-2-4-8-17(14)19)13-10-11-20-18-9-5-3-7-15(13)18/h2-13H,1H3. The molecule has 0 N–H and O–H groups in total. The molecule has 1 aromatic heterocycles. The lowest BCUT2D eigenvalue weighted by molar-refractivity contribution is 0.459. The molecule has 0 saturated carbocycles. The molecule has 0 bridgehead atoms. The minimum atomic E-state index is 0.256. The Hall–Kier alpha value is -2.48. The van der Waals surface area contributed by atoms with E-state index >= 15 is 0 Å². The summed E-state index contributed by atoms with van der Waals surface area (Å²) in [7, 11) is 2.10. The van der Waals surface area contributed by atoms with E-state index in [-0.39, 0.29) is 5.92 Å². The molecule has 98 valence electrons. The molecular weight excluding hydrogens is 246 g/mol. The molecule has 0 amide bonds. The lowest BCUT2D eigenvalue weighted by Crippen LogP contribution is -2.04. The van der Waals surface area contributed by atoms with Crippen LogP contribution in [0.25, 0.3) is 10.9 Å². The molecule has 1 unspecified atom stereocenters. The fourth-order valence-corrected chi connectivity index (χ4v) is 3.03. The summed E-state index contributed by atoms with van der Waals surface area (Å²) >= 11 is 0. The van der Waals surface area contributed by atoms with Crippen LogP contribution in [0, 0.1) is 0 Å². The number of hydrogen-bond donors (Lipinski definition) is 0. The number of fused-ring (bicyclic) bond motifs is 2. The van der Waals surface area contributed by atoms with E-state index in [0.29, 0.717) is 0 Å². The van der Waals surface area contributed by atoms with Crippen LogP contribution in [-0.4, -0.2) is 4.57 Å². The Balaban J connectivity index is 1.96. The van der Waals surface area contributed by atoms with Gasteiger partial charge in [-0.05, 0) is 23.8 Å². The second-order valence-electron chi connectivity index (χ2n) is 5.17. The third-order valence-corrected chi connectivity index (χ3v) is 3.98. The van der Waals surface area contributed by atoms with Crippen molar-refractivity contribution < 1.29 is 4.74 Å². The molecule has 1 aliphatic rings. The van der Waals surface area contributed by atoms with Gasteiger partial charge in [0.1, 0.15) is 5.75 Å². The second kappa shape index (κ2) is 4.27. The monoisotopic (exact) mass is 261 g/mol. The van der Waals surface area contributed by atoms with Crippen LogP contribution in [-0.2, 0) is 7.05 Å². The van der Waals surface area contributed by atoms with E-state index in [1.54, 1.807) is 6.26 Å². The highest BCUT2D eigenvalue weighted by molar-refractivity contribution is 5.85. The van der Waals surface area contributed by atoms with Gasteiger partial charge in [0.25, 0.3) is 0 Å². The molecule has 3 aromatic rings. The summed E-state index contributed by atoms with van der Waals surface area (Å²) in [5.74, 6) is 1.21. The number of aromatic nitrogens is 1. The zero-order valence-electron chi connectivity index (χ0n) is 11.3. The first-order valence-electron chi connectivity index (χ1n) is 6.81. The van der Waals surface area contributed by atoms with Crippen LogP contribution in [0.2, 0.25) is 0 Å². The fourth-order valence-electron chi connectivity index (χ4n) is 3.03. The third-order valence-electron chi connectivity index (χ3n) is 3.98. The SMILES string of the molecule is Cn1cc(C2C=COc3ccccc32)c2ccccc21. The van der Waals surface area contributed by atoms with Gasteiger partial charge in [-0.3, -0.25) is 0 Å². The lowest BCUT2D eigenvalue weighted by atomic mass is 9.89. The Morgan fingerprint density at radius 1 is 0.950 bits per heavy atom. The molecule has 2 nitrogen and oxygen atoms in total. The fraction of sp³-hybridized carbons (Fsp3) is 0.111. The minimum absolute atomic E-state index is 0.256. The van der Waals surface area contributed by atoms with E-state index < -0.39 is 0 Å². The van der Waals surface area contributed by atoms with Crippen molar-refractivity contribution in [1.29, 1.82) is 0 Å². The first-order valence-corrected chi connectivity index (χ1v) is 6.81. The van der Waals surface area contributed by atoms with Crippen LogP contribution >= 0.6 is 0 Å². The van der Waals surface area contributed by atoms with Gasteiger partial charge in [0.05, 0.1) is 6.26 Å². The molecule has 1 atom stereocenters. The topological polar surface area (TPSA) is 14.2 Å². The summed E-state index contributed by atoms with van der Waals surface area (Å²) in [6.45, 7) is 0. The van der Waals surface area contributed by atoms with E-state index in [1.807, 2.05) is 12.1 Å². The molecule has 4 rings (SSSR count). The molecule has 0 radical (unpaired) electrons. The number of aryl methyl sites for hydroxylation is 1. The number of rotatable bonds is 1. The molecule has 2 heteroatoms. The molecule has 1 aliphatic heterocycles. The van der Waals surface area contributed by atoms with Gasteiger partial charge in [0.2, 0.25) is 0 Å². The van der Waals surface area contributed by atoms with Gasteiger partial charge in [-0.25, -0.2) is 0 Å². The number of benzene rings is 2. The van der Waals surface area contributed by atoms with Crippen molar-refractivity contribution >= 4 is 10.9 Å². The van der Waals surface area contributed by atoms with Crippen molar-refractivity contribution in [2.75, 3.05) is 0 Å². The third kappa shape index (κ3) is 1.58. The van der Waals surface area contributed by atoms with Crippen molar-refractivity contribution in [2.24, 2.45) is 7.05 Å². The van der Waals surface area contributed by atoms with Gasteiger partial charge >= 0.3 is 0 Å². The molecule has 0 aliphatic carbocycles. The average molecular weight is 261 g/mol. The minimum Gasteiger partial charge on any atom is -0.465 e. The molecule has 0 spiro atoms. The highest BCUT2D eigenvalue weighted by Crippen LogP contribution is 2.39. The number of ether oxygens (including phenoxy) is 1. The second-order valence-corrected chi connectivity index (χ2v) is 5.17.